The van der Waals surface area contributed by atoms with Gasteiger partial charge in [-0.25, -0.2) is 9.59 Å². The van der Waals surface area contributed by atoms with E-state index in [1.54, 1.807) is 42.5 Å². The third kappa shape index (κ3) is 5.11. The highest BCUT2D eigenvalue weighted by atomic mass is 35.5. The Labute approximate surface area is 140 Å². The van der Waals surface area contributed by atoms with E-state index in [1.807, 2.05) is 6.92 Å². The van der Waals surface area contributed by atoms with Crippen molar-refractivity contribution in [2.24, 2.45) is 0 Å². The smallest absolute Gasteiger partial charge is 0.343 e. The molecule has 0 aromatic heterocycles. The van der Waals surface area contributed by atoms with E-state index in [4.69, 9.17) is 21.1 Å². The van der Waals surface area contributed by atoms with E-state index in [-0.39, 0.29) is 5.56 Å². The van der Waals surface area contributed by atoms with Crippen molar-refractivity contribution >= 4 is 23.5 Å². The summed E-state index contributed by atoms with van der Waals surface area (Å²) in [5.74, 6) is -0.662. The van der Waals surface area contributed by atoms with Crippen LogP contribution in [0.15, 0.2) is 48.5 Å². The second kappa shape index (κ2) is 8.34. The lowest BCUT2D eigenvalue weighted by Crippen LogP contribution is -2.11. The summed E-state index contributed by atoms with van der Waals surface area (Å²) in [6, 6.07) is 12.8. The van der Waals surface area contributed by atoms with Crippen LogP contribution in [0, 0.1) is 0 Å². The van der Waals surface area contributed by atoms with Crippen molar-refractivity contribution in [1.29, 1.82) is 0 Å². The molecule has 5 heteroatoms. The topological polar surface area (TPSA) is 52.6 Å². The first-order chi connectivity index (χ1) is 11.1. The Morgan fingerprint density at radius 2 is 1.70 bits per heavy atom. The molecule has 2 rings (SSSR count). The molecule has 120 valence electrons. The monoisotopic (exact) mass is 332 g/mol. The van der Waals surface area contributed by atoms with Crippen LogP contribution < -0.4 is 4.74 Å². The molecule has 0 aliphatic rings. The first-order valence-electron chi connectivity index (χ1n) is 7.35. The molecular weight excluding hydrogens is 316 g/mol. The van der Waals surface area contributed by atoms with Gasteiger partial charge in [0.15, 0.2) is 0 Å². The van der Waals surface area contributed by atoms with E-state index in [2.05, 4.69) is 0 Å². The SMILES string of the molecule is CCCCOC(=O)c1cccc(C(=O)Oc2cccc(Cl)c2)c1. The van der Waals surface area contributed by atoms with Gasteiger partial charge in [-0.2, -0.15) is 0 Å². The predicted octanol–water partition coefficient (Wildman–Crippen LogP) is 4.52. The molecule has 0 radical (unpaired) electrons. The first-order valence-corrected chi connectivity index (χ1v) is 7.73. The van der Waals surface area contributed by atoms with Crippen LogP contribution in [0.5, 0.6) is 5.75 Å². The van der Waals surface area contributed by atoms with Crippen molar-refractivity contribution < 1.29 is 19.1 Å². The number of carbonyl (C=O) groups excluding carboxylic acids is 2. The van der Waals surface area contributed by atoms with Gasteiger partial charge in [0.25, 0.3) is 0 Å². The van der Waals surface area contributed by atoms with Crippen molar-refractivity contribution in [1.82, 2.24) is 0 Å². The molecule has 0 saturated heterocycles. The maximum atomic E-state index is 12.1. The van der Waals surface area contributed by atoms with Crippen LogP contribution in [0.1, 0.15) is 40.5 Å². The summed E-state index contributed by atoms with van der Waals surface area (Å²) >= 11 is 5.85. The minimum absolute atomic E-state index is 0.273. The zero-order chi connectivity index (χ0) is 16.7. The number of ether oxygens (including phenoxy) is 2. The highest BCUT2D eigenvalue weighted by molar-refractivity contribution is 6.30. The molecule has 0 saturated carbocycles. The number of unbranched alkanes of at least 4 members (excludes halogenated alkanes) is 1. The van der Waals surface area contributed by atoms with Gasteiger partial charge in [-0.15, -0.1) is 0 Å². The number of hydrogen-bond acceptors (Lipinski definition) is 4. The molecule has 23 heavy (non-hydrogen) atoms. The van der Waals surface area contributed by atoms with Gasteiger partial charge in [-0.1, -0.05) is 37.1 Å². The average molecular weight is 333 g/mol. The Morgan fingerprint density at radius 1 is 1.00 bits per heavy atom. The third-order valence-corrected chi connectivity index (χ3v) is 3.31. The lowest BCUT2D eigenvalue weighted by atomic mass is 10.1. The van der Waals surface area contributed by atoms with Gasteiger partial charge in [0, 0.05) is 5.02 Å². The fourth-order valence-corrected chi connectivity index (χ4v) is 2.04. The molecule has 0 spiro atoms. The molecule has 0 fully saturated rings. The molecular formula is C18H17ClO4. The molecule has 0 N–H and O–H groups in total. The van der Waals surface area contributed by atoms with Gasteiger partial charge >= 0.3 is 11.9 Å². The highest BCUT2D eigenvalue weighted by Gasteiger charge is 2.13. The summed E-state index contributed by atoms with van der Waals surface area (Å²) in [6.45, 7) is 2.38. The summed E-state index contributed by atoms with van der Waals surface area (Å²) in [4.78, 5) is 24.0. The second-order valence-corrected chi connectivity index (χ2v) is 5.35. The summed E-state index contributed by atoms with van der Waals surface area (Å²) < 4.78 is 10.4. The van der Waals surface area contributed by atoms with Gasteiger partial charge in [-0.3, -0.25) is 0 Å². The molecule has 0 atom stereocenters. The fourth-order valence-electron chi connectivity index (χ4n) is 1.86. The van der Waals surface area contributed by atoms with Gasteiger partial charge in [0.05, 0.1) is 17.7 Å². The maximum absolute atomic E-state index is 12.1. The number of carbonyl (C=O) groups is 2. The van der Waals surface area contributed by atoms with Crippen LogP contribution in [0.3, 0.4) is 0 Å². The van der Waals surface area contributed by atoms with E-state index >= 15 is 0 Å². The maximum Gasteiger partial charge on any atom is 0.343 e. The molecule has 0 bridgehead atoms. The van der Waals surface area contributed by atoms with E-state index in [0.29, 0.717) is 22.9 Å². The zero-order valence-electron chi connectivity index (χ0n) is 12.8. The lowest BCUT2D eigenvalue weighted by molar-refractivity contribution is 0.0499. The highest BCUT2D eigenvalue weighted by Crippen LogP contribution is 2.19. The molecule has 0 heterocycles. The van der Waals surface area contributed by atoms with E-state index in [1.165, 1.54) is 6.07 Å². The Morgan fingerprint density at radius 3 is 2.39 bits per heavy atom. The molecule has 2 aromatic carbocycles. The molecule has 0 unspecified atom stereocenters. The first kappa shape index (κ1) is 17.0. The average Bonchev–Trinajstić information content (AvgIpc) is 2.55. The molecule has 2 aromatic rings. The second-order valence-electron chi connectivity index (χ2n) is 4.92. The number of halogens is 1. The van der Waals surface area contributed by atoms with Crippen LogP contribution in [0.4, 0.5) is 0 Å². The standard InChI is InChI=1S/C18H17ClO4/c1-2-3-10-22-17(20)13-6-4-7-14(11-13)18(21)23-16-9-5-8-15(19)12-16/h4-9,11-12H,2-3,10H2,1H3. The minimum atomic E-state index is -0.560. The minimum Gasteiger partial charge on any atom is -0.462 e. The molecule has 0 aliphatic heterocycles. The van der Waals surface area contributed by atoms with Gasteiger partial charge in [0.1, 0.15) is 5.75 Å². The largest absolute Gasteiger partial charge is 0.462 e. The molecule has 0 aliphatic carbocycles. The normalized spacial score (nSPS) is 10.2. The van der Waals surface area contributed by atoms with Crippen LogP contribution in [0.25, 0.3) is 0 Å². The zero-order valence-corrected chi connectivity index (χ0v) is 13.5. The number of esters is 2. The summed E-state index contributed by atoms with van der Waals surface area (Å²) in [6.07, 6.45) is 1.75. The van der Waals surface area contributed by atoms with E-state index in [9.17, 15) is 9.59 Å². The van der Waals surface area contributed by atoms with Crippen LogP contribution in [-0.4, -0.2) is 18.5 Å². The van der Waals surface area contributed by atoms with Crippen LogP contribution in [0.2, 0.25) is 5.02 Å². The van der Waals surface area contributed by atoms with Crippen molar-refractivity contribution in [3.05, 3.63) is 64.7 Å². The Bertz CT molecular complexity index is 697. The lowest BCUT2D eigenvalue weighted by Gasteiger charge is -2.07. The molecule has 0 amide bonds. The van der Waals surface area contributed by atoms with Gasteiger partial charge in [-0.05, 0) is 42.8 Å². The number of benzene rings is 2. The third-order valence-electron chi connectivity index (χ3n) is 3.07. The quantitative estimate of drug-likeness (QED) is 0.443. The summed E-state index contributed by atoms with van der Waals surface area (Å²) in [5, 5.41) is 0.476. The Hall–Kier alpha value is -2.33. The van der Waals surface area contributed by atoms with Crippen molar-refractivity contribution in [3.8, 4) is 5.75 Å². The Kier molecular flexibility index (Phi) is 6.18. The van der Waals surface area contributed by atoms with Crippen LogP contribution in [-0.2, 0) is 4.74 Å². The van der Waals surface area contributed by atoms with Crippen molar-refractivity contribution in [3.63, 3.8) is 0 Å². The fraction of sp³-hybridized carbons (Fsp3) is 0.222. The van der Waals surface area contributed by atoms with Gasteiger partial charge < -0.3 is 9.47 Å². The molecule has 4 nitrogen and oxygen atoms in total. The van der Waals surface area contributed by atoms with Crippen LogP contribution >= 0.6 is 11.6 Å². The Balaban J connectivity index is 2.06. The van der Waals surface area contributed by atoms with E-state index in [0.717, 1.165) is 12.8 Å². The van der Waals surface area contributed by atoms with Crippen molar-refractivity contribution in [2.45, 2.75) is 19.8 Å². The predicted molar refractivity (Wildman–Crippen MR) is 88.0 cm³/mol. The van der Waals surface area contributed by atoms with E-state index < -0.39 is 11.9 Å². The summed E-state index contributed by atoms with van der Waals surface area (Å²) in [5.41, 5.74) is 0.594. The summed E-state index contributed by atoms with van der Waals surface area (Å²) in [7, 11) is 0. The number of rotatable bonds is 6. The van der Waals surface area contributed by atoms with Gasteiger partial charge in [0.2, 0.25) is 0 Å². The number of hydrogen-bond donors (Lipinski definition) is 0. The van der Waals surface area contributed by atoms with Crippen molar-refractivity contribution in [2.75, 3.05) is 6.61 Å².